The third-order valence-electron chi connectivity index (χ3n) is 5.07. The van der Waals surface area contributed by atoms with E-state index >= 15 is 0 Å². The van der Waals surface area contributed by atoms with Crippen LogP contribution in [0, 0.1) is 23.1 Å². The summed E-state index contributed by atoms with van der Waals surface area (Å²) in [5.74, 6) is 0.113. The van der Waals surface area contributed by atoms with Gasteiger partial charge in [0, 0.05) is 29.7 Å². The number of nitriles is 1. The summed E-state index contributed by atoms with van der Waals surface area (Å²) in [6.07, 6.45) is 3.02. The number of imidazole rings is 1. The van der Waals surface area contributed by atoms with Gasteiger partial charge in [0.15, 0.2) is 5.65 Å². The van der Waals surface area contributed by atoms with Crippen molar-refractivity contribution in [1.29, 1.82) is 5.26 Å². The fourth-order valence-electron chi connectivity index (χ4n) is 3.58. The maximum Gasteiger partial charge on any atom is 0.223 e. The fraction of sp³-hybridized carbons (Fsp3) is 0.300. The Balaban J connectivity index is 1.33. The summed E-state index contributed by atoms with van der Waals surface area (Å²) in [5, 5.41) is 12.2. The molecule has 0 spiro atoms. The van der Waals surface area contributed by atoms with Crippen LogP contribution in [0.15, 0.2) is 34.9 Å². The molecule has 3 aromatic rings. The summed E-state index contributed by atoms with van der Waals surface area (Å²) in [4.78, 5) is 26.3. The van der Waals surface area contributed by atoms with Crippen molar-refractivity contribution in [2.24, 2.45) is 5.92 Å². The van der Waals surface area contributed by atoms with Crippen LogP contribution in [0.2, 0.25) is 0 Å². The normalized spacial score (nSPS) is 14.7. The molecule has 0 unspecified atom stereocenters. The Bertz CT molecular complexity index is 1100. The first kappa shape index (κ1) is 19.3. The zero-order valence-electron chi connectivity index (χ0n) is 15.5. The topological polar surface area (TPSA) is 97.7 Å². The number of fused-ring (bicyclic) bond motifs is 1. The molecular weight excluding hydrogens is 439 g/mol. The fourth-order valence-corrected chi connectivity index (χ4v) is 3.91. The Morgan fingerprint density at radius 2 is 2.17 bits per heavy atom. The third-order valence-corrected chi connectivity index (χ3v) is 5.50. The second kappa shape index (κ2) is 8.17. The first-order chi connectivity index (χ1) is 14.0. The number of carbonyl (C=O) groups is 1. The summed E-state index contributed by atoms with van der Waals surface area (Å²) in [5.41, 5.74) is 2.45. The Morgan fingerprint density at radius 1 is 1.38 bits per heavy atom. The first-order valence-corrected chi connectivity index (χ1v) is 10.1. The standard InChI is InChI=1S/C20H18BrFN6O/c21-14-8-16-19(24-10-14)27-18(26-16)11-25-20(29)12-3-5-28(6-4-12)17-2-1-15(22)7-13(17)9-23/h1-2,7-8,10,12H,3-6,11H2,(H,25,29)(H,24,26,27). The molecule has 1 aromatic carbocycles. The van der Waals surface area contributed by atoms with Crippen molar-refractivity contribution in [2.75, 3.05) is 18.0 Å². The molecule has 29 heavy (non-hydrogen) atoms. The third kappa shape index (κ3) is 4.22. The monoisotopic (exact) mass is 456 g/mol. The van der Waals surface area contributed by atoms with Crippen LogP contribution in [0.3, 0.4) is 0 Å². The number of amides is 1. The van der Waals surface area contributed by atoms with Crippen molar-refractivity contribution in [1.82, 2.24) is 20.3 Å². The molecule has 1 fully saturated rings. The number of pyridine rings is 1. The number of hydrogen-bond acceptors (Lipinski definition) is 5. The summed E-state index contributed by atoms with van der Waals surface area (Å²) < 4.78 is 14.2. The summed E-state index contributed by atoms with van der Waals surface area (Å²) in [6, 6.07) is 8.16. The summed E-state index contributed by atoms with van der Waals surface area (Å²) >= 11 is 3.37. The highest BCUT2D eigenvalue weighted by Gasteiger charge is 2.26. The van der Waals surface area contributed by atoms with Crippen LogP contribution >= 0.6 is 15.9 Å². The Labute approximate surface area is 175 Å². The lowest BCUT2D eigenvalue weighted by Gasteiger charge is -2.33. The second-order valence-electron chi connectivity index (χ2n) is 6.96. The minimum absolute atomic E-state index is 0.0149. The number of carbonyl (C=O) groups excluding carboxylic acids is 1. The molecule has 7 nitrogen and oxygen atoms in total. The summed E-state index contributed by atoms with van der Waals surface area (Å²) in [6.45, 7) is 1.59. The van der Waals surface area contributed by atoms with Gasteiger partial charge < -0.3 is 15.2 Å². The lowest BCUT2D eigenvalue weighted by Crippen LogP contribution is -2.40. The van der Waals surface area contributed by atoms with Crippen molar-refractivity contribution in [3.05, 3.63) is 52.1 Å². The predicted molar refractivity (Wildman–Crippen MR) is 109 cm³/mol. The minimum Gasteiger partial charge on any atom is -0.370 e. The lowest BCUT2D eigenvalue weighted by molar-refractivity contribution is -0.125. The van der Waals surface area contributed by atoms with E-state index in [-0.39, 0.29) is 11.8 Å². The highest BCUT2D eigenvalue weighted by molar-refractivity contribution is 9.10. The van der Waals surface area contributed by atoms with Gasteiger partial charge in [-0.05, 0) is 53.0 Å². The quantitative estimate of drug-likeness (QED) is 0.627. The second-order valence-corrected chi connectivity index (χ2v) is 7.88. The molecule has 0 atom stereocenters. The van der Waals surface area contributed by atoms with Crippen LogP contribution in [0.1, 0.15) is 24.2 Å². The molecule has 1 amide bonds. The van der Waals surface area contributed by atoms with E-state index in [0.717, 1.165) is 9.99 Å². The van der Waals surface area contributed by atoms with Gasteiger partial charge in [0.05, 0.1) is 23.3 Å². The van der Waals surface area contributed by atoms with Gasteiger partial charge in [-0.15, -0.1) is 0 Å². The number of benzene rings is 1. The first-order valence-electron chi connectivity index (χ1n) is 9.26. The number of aromatic amines is 1. The zero-order chi connectivity index (χ0) is 20.4. The average Bonchev–Trinajstić information content (AvgIpc) is 3.14. The van der Waals surface area contributed by atoms with Crippen LogP contribution in [-0.4, -0.2) is 33.9 Å². The van der Waals surface area contributed by atoms with Gasteiger partial charge in [0.2, 0.25) is 5.91 Å². The van der Waals surface area contributed by atoms with Gasteiger partial charge in [0.1, 0.15) is 17.7 Å². The van der Waals surface area contributed by atoms with E-state index in [9.17, 15) is 14.4 Å². The van der Waals surface area contributed by atoms with E-state index in [4.69, 9.17) is 0 Å². The molecule has 1 aliphatic heterocycles. The van der Waals surface area contributed by atoms with Crippen LogP contribution < -0.4 is 10.2 Å². The van der Waals surface area contributed by atoms with Gasteiger partial charge in [-0.25, -0.2) is 14.4 Å². The lowest BCUT2D eigenvalue weighted by atomic mass is 9.95. The Morgan fingerprint density at radius 3 is 2.93 bits per heavy atom. The molecule has 1 saturated heterocycles. The molecule has 9 heteroatoms. The molecule has 4 rings (SSSR count). The molecule has 148 valence electrons. The molecule has 0 bridgehead atoms. The molecule has 2 N–H and O–H groups in total. The van der Waals surface area contributed by atoms with Crippen LogP contribution in [-0.2, 0) is 11.3 Å². The molecule has 0 radical (unpaired) electrons. The van der Waals surface area contributed by atoms with E-state index in [2.05, 4.69) is 36.2 Å². The van der Waals surface area contributed by atoms with Crippen molar-refractivity contribution in [2.45, 2.75) is 19.4 Å². The van der Waals surface area contributed by atoms with Gasteiger partial charge in [-0.3, -0.25) is 4.79 Å². The average molecular weight is 457 g/mol. The minimum atomic E-state index is -0.423. The number of hydrogen-bond donors (Lipinski definition) is 2. The molecule has 1 aliphatic rings. The van der Waals surface area contributed by atoms with Gasteiger partial charge in [-0.2, -0.15) is 5.26 Å². The highest BCUT2D eigenvalue weighted by atomic mass is 79.9. The summed E-state index contributed by atoms with van der Waals surface area (Å²) in [7, 11) is 0. The maximum atomic E-state index is 13.3. The van der Waals surface area contributed by atoms with Gasteiger partial charge in [0.25, 0.3) is 0 Å². The Kier molecular flexibility index (Phi) is 5.45. The van der Waals surface area contributed by atoms with Gasteiger partial charge in [-0.1, -0.05) is 0 Å². The van der Waals surface area contributed by atoms with Crippen molar-refractivity contribution in [3.8, 4) is 6.07 Å². The van der Waals surface area contributed by atoms with Crippen molar-refractivity contribution in [3.63, 3.8) is 0 Å². The van der Waals surface area contributed by atoms with Gasteiger partial charge >= 0.3 is 0 Å². The van der Waals surface area contributed by atoms with E-state index in [1.165, 1.54) is 12.1 Å². The number of rotatable bonds is 4. The number of piperidine rings is 1. The van der Waals surface area contributed by atoms with E-state index in [1.54, 1.807) is 12.3 Å². The molecule has 2 aromatic heterocycles. The van der Waals surface area contributed by atoms with Crippen molar-refractivity contribution >= 4 is 38.7 Å². The van der Waals surface area contributed by atoms with E-state index in [0.29, 0.717) is 55.2 Å². The highest BCUT2D eigenvalue weighted by Crippen LogP contribution is 2.27. The zero-order valence-corrected chi connectivity index (χ0v) is 17.0. The largest absolute Gasteiger partial charge is 0.370 e. The number of nitrogens with zero attached hydrogens (tertiary/aromatic N) is 4. The van der Waals surface area contributed by atoms with Crippen LogP contribution in [0.4, 0.5) is 10.1 Å². The number of H-pyrrole nitrogens is 1. The maximum absolute atomic E-state index is 13.3. The molecule has 3 heterocycles. The number of nitrogens with one attached hydrogen (secondary N) is 2. The molecule has 0 aliphatic carbocycles. The number of anilines is 1. The predicted octanol–water partition coefficient (Wildman–Crippen LogP) is 3.26. The SMILES string of the molecule is N#Cc1cc(F)ccc1N1CCC(C(=O)NCc2nc3ncc(Br)cc3[nH]2)CC1. The smallest absolute Gasteiger partial charge is 0.223 e. The Hall–Kier alpha value is -2.99. The molecule has 0 saturated carbocycles. The molecular formula is C20H18BrFN6O. The van der Waals surface area contributed by atoms with Crippen LogP contribution in [0.25, 0.3) is 11.2 Å². The van der Waals surface area contributed by atoms with E-state index < -0.39 is 5.82 Å². The van der Waals surface area contributed by atoms with Crippen molar-refractivity contribution < 1.29 is 9.18 Å². The number of halogens is 2. The van der Waals surface area contributed by atoms with E-state index in [1.807, 2.05) is 17.0 Å². The van der Waals surface area contributed by atoms with Crippen LogP contribution in [0.5, 0.6) is 0 Å². The number of aromatic nitrogens is 3.